The Morgan fingerprint density at radius 1 is 1.38 bits per heavy atom. The van der Waals surface area contributed by atoms with Crippen molar-refractivity contribution in [3.63, 3.8) is 0 Å². The summed E-state index contributed by atoms with van der Waals surface area (Å²) in [5.74, 6) is 0. The molecular formula is C9H11NO2S. The van der Waals surface area contributed by atoms with E-state index < -0.39 is 10.0 Å². The number of nitrogens with zero attached hydrogens (tertiary/aromatic N) is 1. The molecule has 4 heteroatoms. The summed E-state index contributed by atoms with van der Waals surface area (Å²) in [5, 5.41) is 0. The standard InChI is InChI=1S/C9H11NO2S/c1-7-3-4-9-8(5-7)6-10(2)13(9,11)12/h3-5H,6H2,1-2H3. The Morgan fingerprint density at radius 3 is 2.77 bits per heavy atom. The summed E-state index contributed by atoms with van der Waals surface area (Å²) in [6, 6.07) is 5.44. The molecule has 0 aromatic heterocycles. The van der Waals surface area contributed by atoms with Crippen LogP contribution in [0.4, 0.5) is 0 Å². The van der Waals surface area contributed by atoms with Crippen molar-refractivity contribution < 1.29 is 8.42 Å². The first-order valence-corrected chi connectivity index (χ1v) is 5.52. The number of rotatable bonds is 0. The van der Waals surface area contributed by atoms with Crippen LogP contribution in [0.15, 0.2) is 23.1 Å². The smallest absolute Gasteiger partial charge is 0.207 e. The van der Waals surface area contributed by atoms with E-state index in [0.29, 0.717) is 11.4 Å². The minimum absolute atomic E-state index is 0.459. The van der Waals surface area contributed by atoms with Crippen LogP contribution in [0, 0.1) is 6.92 Å². The molecule has 70 valence electrons. The molecule has 1 aromatic carbocycles. The second-order valence-corrected chi connectivity index (χ2v) is 5.39. The minimum Gasteiger partial charge on any atom is -0.207 e. The van der Waals surface area contributed by atoms with E-state index in [1.54, 1.807) is 13.1 Å². The average molecular weight is 197 g/mol. The molecule has 0 aliphatic carbocycles. The van der Waals surface area contributed by atoms with Gasteiger partial charge in [0, 0.05) is 13.6 Å². The molecule has 0 amide bonds. The number of aryl methyl sites for hydroxylation is 1. The number of fused-ring (bicyclic) bond motifs is 1. The topological polar surface area (TPSA) is 37.4 Å². The first kappa shape index (κ1) is 8.72. The lowest BCUT2D eigenvalue weighted by Gasteiger charge is -2.04. The summed E-state index contributed by atoms with van der Waals surface area (Å²) < 4.78 is 24.6. The number of sulfonamides is 1. The maximum Gasteiger partial charge on any atom is 0.243 e. The molecule has 0 bridgehead atoms. The molecule has 0 radical (unpaired) electrons. The van der Waals surface area contributed by atoms with E-state index in [0.717, 1.165) is 11.1 Å². The summed E-state index contributed by atoms with van der Waals surface area (Å²) in [6.45, 7) is 2.46. The maximum absolute atomic E-state index is 11.6. The summed E-state index contributed by atoms with van der Waals surface area (Å²) in [7, 11) is -1.57. The normalized spacial score (nSPS) is 20.2. The summed E-state index contributed by atoms with van der Waals surface area (Å²) >= 11 is 0. The second-order valence-electron chi connectivity index (χ2n) is 3.37. The molecule has 0 saturated carbocycles. The highest BCUT2D eigenvalue weighted by Crippen LogP contribution is 2.28. The highest BCUT2D eigenvalue weighted by molar-refractivity contribution is 7.89. The van der Waals surface area contributed by atoms with Crippen molar-refractivity contribution in [1.29, 1.82) is 0 Å². The number of hydrogen-bond acceptors (Lipinski definition) is 2. The van der Waals surface area contributed by atoms with Crippen molar-refractivity contribution in [1.82, 2.24) is 4.31 Å². The minimum atomic E-state index is -3.17. The van der Waals surface area contributed by atoms with Gasteiger partial charge in [-0.05, 0) is 18.6 Å². The van der Waals surface area contributed by atoms with Crippen LogP contribution in [0.3, 0.4) is 0 Å². The fraction of sp³-hybridized carbons (Fsp3) is 0.333. The molecule has 0 saturated heterocycles. The van der Waals surface area contributed by atoms with E-state index in [4.69, 9.17) is 0 Å². The van der Waals surface area contributed by atoms with Crippen LogP contribution in [0.1, 0.15) is 11.1 Å². The van der Waals surface area contributed by atoms with Crippen LogP contribution >= 0.6 is 0 Å². The van der Waals surface area contributed by atoms with Gasteiger partial charge in [0.05, 0.1) is 4.90 Å². The molecule has 1 aromatic rings. The lowest BCUT2D eigenvalue weighted by molar-refractivity contribution is 0.488. The SMILES string of the molecule is Cc1ccc2c(c1)CN(C)S2(=O)=O. The molecule has 0 spiro atoms. The van der Waals surface area contributed by atoms with Gasteiger partial charge in [0.15, 0.2) is 0 Å². The third-order valence-corrected chi connectivity index (χ3v) is 4.20. The first-order chi connectivity index (χ1) is 6.01. The van der Waals surface area contributed by atoms with Crippen molar-refractivity contribution in [3.8, 4) is 0 Å². The van der Waals surface area contributed by atoms with Crippen molar-refractivity contribution in [2.45, 2.75) is 18.4 Å². The molecule has 0 unspecified atom stereocenters. The summed E-state index contributed by atoms with van der Waals surface area (Å²) in [4.78, 5) is 0.459. The Labute approximate surface area is 78.0 Å². The third kappa shape index (κ3) is 1.17. The lowest BCUT2D eigenvalue weighted by Crippen LogP contribution is -2.18. The highest BCUT2D eigenvalue weighted by Gasteiger charge is 2.31. The predicted molar refractivity (Wildman–Crippen MR) is 49.8 cm³/mol. The van der Waals surface area contributed by atoms with E-state index in [1.807, 2.05) is 19.1 Å². The summed E-state index contributed by atoms with van der Waals surface area (Å²) in [5.41, 5.74) is 2.01. The molecular weight excluding hydrogens is 186 g/mol. The molecule has 1 heterocycles. The predicted octanol–water partition coefficient (Wildman–Crippen LogP) is 1.13. The summed E-state index contributed by atoms with van der Waals surface area (Å²) in [6.07, 6.45) is 0. The van der Waals surface area contributed by atoms with Crippen LogP contribution in [-0.2, 0) is 16.6 Å². The van der Waals surface area contributed by atoms with E-state index in [2.05, 4.69) is 0 Å². The van der Waals surface area contributed by atoms with Gasteiger partial charge in [-0.15, -0.1) is 0 Å². The molecule has 13 heavy (non-hydrogen) atoms. The molecule has 0 N–H and O–H groups in total. The fourth-order valence-corrected chi connectivity index (χ4v) is 2.92. The monoisotopic (exact) mass is 197 g/mol. The van der Waals surface area contributed by atoms with Gasteiger partial charge in [-0.2, -0.15) is 4.31 Å². The van der Waals surface area contributed by atoms with Crippen molar-refractivity contribution in [2.75, 3.05) is 7.05 Å². The second kappa shape index (κ2) is 2.56. The molecule has 3 nitrogen and oxygen atoms in total. The van der Waals surface area contributed by atoms with Gasteiger partial charge in [-0.25, -0.2) is 8.42 Å². The molecule has 0 atom stereocenters. The zero-order chi connectivity index (χ0) is 9.64. The van der Waals surface area contributed by atoms with Gasteiger partial charge in [0.2, 0.25) is 10.0 Å². The van der Waals surface area contributed by atoms with E-state index in [1.165, 1.54) is 4.31 Å². The zero-order valence-corrected chi connectivity index (χ0v) is 8.43. The third-order valence-electron chi connectivity index (χ3n) is 2.30. The van der Waals surface area contributed by atoms with Crippen molar-refractivity contribution >= 4 is 10.0 Å². The largest absolute Gasteiger partial charge is 0.243 e. The first-order valence-electron chi connectivity index (χ1n) is 4.08. The Bertz CT molecular complexity index is 451. The Balaban J connectivity index is 2.69. The fourth-order valence-electron chi connectivity index (χ4n) is 1.58. The van der Waals surface area contributed by atoms with E-state index in [-0.39, 0.29) is 0 Å². The zero-order valence-electron chi connectivity index (χ0n) is 7.61. The van der Waals surface area contributed by atoms with Gasteiger partial charge < -0.3 is 0 Å². The van der Waals surface area contributed by atoms with Crippen LogP contribution in [0.25, 0.3) is 0 Å². The van der Waals surface area contributed by atoms with Crippen molar-refractivity contribution in [2.24, 2.45) is 0 Å². The number of hydrogen-bond donors (Lipinski definition) is 0. The van der Waals surface area contributed by atoms with Gasteiger partial charge in [-0.1, -0.05) is 17.7 Å². The Hall–Kier alpha value is -0.870. The lowest BCUT2D eigenvalue weighted by atomic mass is 10.1. The quantitative estimate of drug-likeness (QED) is 0.625. The highest BCUT2D eigenvalue weighted by atomic mass is 32.2. The van der Waals surface area contributed by atoms with Gasteiger partial charge in [0.1, 0.15) is 0 Å². The molecule has 1 aliphatic rings. The van der Waals surface area contributed by atoms with Crippen molar-refractivity contribution in [3.05, 3.63) is 29.3 Å². The van der Waals surface area contributed by atoms with Crippen LogP contribution < -0.4 is 0 Å². The van der Waals surface area contributed by atoms with Crippen LogP contribution in [-0.4, -0.2) is 19.8 Å². The Kier molecular flexibility index (Phi) is 1.72. The molecule has 0 fully saturated rings. The molecule has 1 aliphatic heterocycles. The van der Waals surface area contributed by atoms with E-state index >= 15 is 0 Å². The van der Waals surface area contributed by atoms with Crippen LogP contribution in [0.5, 0.6) is 0 Å². The molecule has 2 rings (SSSR count). The van der Waals surface area contributed by atoms with Gasteiger partial charge in [0.25, 0.3) is 0 Å². The number of benzene rings is 1. The maximum atomic E-state index is 11.6. The van der Waals surface area contributed by atoms with E-state index in [9.17, 15) is 8.42 Å². The average Bonchev–Trinajstić information content (AvgIpc) is 2.23. The van der Waals surface area contributed by atoms with Crippen LogP contribution in [0.2, 0.25) is 0 Å². The Morgan fingerprint density at radius 2 is 2.08 bits per heavy atom. The van der Waals surface area contributed by atoms with Gasteiger partial charge in [-0.3, -0.25) is 0 Å². The van der Waals surface area contributed by atoms with Gasteiger partial charge >= 0.3 is 0 Å².